The fourth-order valence-electron chi connectivity index (χ4n) is 2.41. The normalized spacial score (nSPS) is 28.8. The lowest BCUT2D eigenvalue weighted by atomic mass is 9.80. The molecule has 1 aliphatic heterocycles. The Bertz CT molecular complexity index is 379. The van der Waals surface area contributed by atoms with Crippen LogP contribution in [0.2, 0.25) is 0 Å². The van der Waals surface area contributed by atoms with Crippen LogP contribution in [0.15, 0.2) is 0 Å². The molecule has 0 spiro atoms. The zero-order valence-electron chi connectivity index (χ0n) is 12.1. The summed E-state index contributed by atoms with van der Waals surface area (Å²) >= 11 is 0. The van der Waals surface area contributed by atoms with Crippen molar-refractivity contribution in [2.75, 3.05) is 6.54 Å². The number of carbonyl (C=O) groups is 2. The summed E-state index contributed by atoms with van der Waals surface area (Å²) in [7, 11) is 0. The number of hydrogen-bond donors (Lipinski definition) is 1. The zero-order valence-corrected chi connectivity index (χ0v) is 12.1. The van der Waals surface area contributed by atoms with Gasteiger partial charge in [-0.1, -0.05) is 27.7 Å². The summed E-state index contributed by atoms with van der Waals surface area (Å²) in [5.74, 6) is -0.799. The second-order valence-corrected chi connectivity index (χ2v) is 6.29. The van der Waals surface area contributed by atoms with E-state index < -0.39 is 35.9 Å². The first-order valence-electron chi connectivity index (χ1n) is 6.44. The Kier molecular flexibility index (Phi) is 4.22. The van der Waals surface area contributed by atoms with Crippen molar-refractivity contribution in [1.29, 1.82) is 0 Å². The molecule has 1 fully saturated rings. The van der Waals surface area contributed by atoms with Crippen LogP contribution in [0, 0.1) is 5.41 Å². The number of rotatable bonds is 3. The van der Waals surface area contributed by atoms with E-state index in [0.717, 1.165) is 4.90 Å². The van der Waals surface area contributed by atoms with Gasteiger partial charge in [0.2, 0.25) is 11.8 Å². The van der Waals surface area contributed by atoms with Gasteiger partial charge >= 0.3 is 0 Å². The molecule has 1 N–H and O–H groups in total. The third kappa shape index (κ3) is 3.04. The van der Waals surface area contributed by atoms with E-state index in [0.29, 0.717) is 6.42 Å². The Morgan fingerprint density at radius 2 is 1.89 bits per heavy atom. The topological polar surface area (TPSA) is 49.4 Å². The first-order chi connectivity index (χ1) is 8.53. The molecule has 4 nitrogen and oxygen atoms in total. The van der Waals surface area contributed by atoms with Crippen molar-refractivity contribution in [3.05, 3.63) is 0 Å². The van der Waals surface area contributed by atoms with Gasteiger partial charge in [0.1, 0.15) is 11.6 Å². The summed E-state index contributed by atoms with van der Waals surface area (Å²) in [5, 5.41) is 2.68. The highest BCUT2D eigenvalue weighted by Gasteiger charge is 2.51. The highest BCUT2D eigenvalue weighted by Crippen LogP contribution is 2.31. The van der Waals surface area contributed by atoms with Crippen molar-refractivity contribution >= 4 is 11.8 Å². The summed E-state index contributed by atoms with van der Waals surface area (Å²) in [4.78, 5) is 25.6. The van der Waals surface area contributed by atoms with E-state index in [2.05, 4.69) is 5.32 Å². The van der Waals surface area contributed by atoms with Gasteiger partial charge in [-0.2, -0.15) is 0 Å². The molecule has 0 aromatic carbocycles. The van der Waals surface area contributed by atoms with E-state index in [4.69, 9.17) is 0 Å². The van der Waals surface area contributed by atoms with Crippen LogP contribution in [0.25, 0.3) is 0 Å². The molecule has 1 rings (SSSR count). The average Bonchev–Trinajstić information content (AvgIpc) is 2.22. The largest absolute Gasteiger partial charge is 0.340 e. The number of nitrogens with zero attached hydrogens (tertiary/aromatic N) is 1. The van der Waals surface area contributed by atoms with Crippen LogP contribution in [0.5, 0.6) is 0 Å². The van der Waals surface area contributed by atoms with Gasteiger partial charge in [0, 0.05) is 0 Å². The first-order valence-corrected chi connectivity index (χ1v) is 6.44. The maximum absolute atomic E-state index is 12.7. The number of hydrogen-bond acceptors (Lipinski definition) is 2. The van der Waals surface area contributed by atoms with Gasteiger partial charge in [-0.3, -0.25) is 9.59 Å². The predicted molar refractivity (Wildman–Crippen MR) is 67.8 cm³/mol. The van der Waals surface area contributed by atoms with Crippen molar-refractivity contribution in [2.45, 2.75) is 59.0 Å². The molecule has 0 aromatic heterocycles. The van der Waals surface area contributed by atoms with Crippen LogP contribution in [0.4, 0.5) is 8.78 Å². The molecule has 0 aliphatic carbocycles. The van der Waals surface area contributed by atoms with Crippen LogP contribution in [0.3, 0.4) is 0 Å². The first kappa shape index (κ1) is 15.9. The molecule has 6 heteroatoms. The predicted octanol–water partition coefficient (Wildman–Crippen LogP) is 1.79. The molecule has 110 valence electrons. The third-order valence-corrected chi connectivity index (χ3v) is 3.55. The van der Waals surface area contributed by atoms with Crippen LogP contribution in [0.1, 0.15) is 41.0 Å². The number of carbonyl (C=O) groups excluding carboxylic acids is 2. The van der Waals surface area contributed by atoms with E-state index in [1.807, 2.05) is 0 Å². The maximum atomic E-state index is 12.7. The Balaban J connectivity index is 3.19. The molecule has 2 amide bonds. The van der Waals surface area contributed by atoms with E-state index in [1.54, 1.807) is 34.6 Å². The van der Waals surface area contributed by atoms with Crippen LogP contribution in [-0.2, 0) is 9.59 Å². The van der Waals surface area contributed by atoms with E-state index >= 15 is 0 Å². The lowest BCUT2D eigenvalue weighted by molar-refractivity contribution is -0.161. The Hall–Kier alpha value is -1.20. The molecule has 1 aliphatic rings. The van der Waals surface area contributed by atoms with Gasteiger partial charge in [-0.15, -0.1) is 0 Å². The summed E-state index contributed by atoms with van der Waals surface area (Å²) in [6.07, 6.45) is -2.28. The third-order valence-electron chi connectivity index (χ3n) is 3.55. The monoisotopic (exact) mass is 276 g/mol. The van der Waals surface area contributed by atoms with Crippen LogP contribution in [-0.4, -0.2) is 41.3 Å². The lowest BCUT2D eigenvalue weighted by Crippen LogP contribution is -2.72. The minimum absolute atomic E-state index is 0.364. The number of nitrogens with one attached hydrogen (secondary N) is 1. The van der Waals surface area contributed by atoms with Crippen LogP contribution >= 0.6 is 0 Å². The smallest absolute Gasteiger partial charge is 0.255 e. The highest BCUT2D eigenvalue weighted by molar-refractivity contribution is 5.99. The lowest BCUT2D eigenvalue weighted by Gasteiger charge is -2.48. The van der Waals surface area contributed by atoms with E-state index in [-0.39, 0.29) is 5.91 Å². The Morgan fingerprint density at radius 3 is 2.26 bits per heavy atom. The van der Waals surface area contributed by atoms with Gasteiger partial charge in [-0.05, 0) is 18.8 Å². The highest BCUT2D eigenvalue weighted by atomic mass is 19.3. The van der Waals surface area contributed by atoms with Crippen molar-refractivity contribution < 1.29 is 18.4 Å². The van der Waals surface area contributed by atoms with Gasteiger partial charge in [0.25, 0.3) is 6.43 Å². The standard InChI is InChI=1S/C13H22F2N2O2/c1-6-13(5)11(19)17(7-8(14)15)9(10(18)16-13)12(2,3)4/h8-9H,6-7H2,1-5H3,(H,16,18). The van der Waals surface area contributed by atoms with Gasteiger partial charge in [0.15, 0.2) is 0 Å². The molecule has 1 heterocycles. The second-order valence-electron chi connectivity index (χ2n) is 6.29. The number of halogens is 2. The Labute approximate surface area is 112 Å². The molecule has 19 heavy (non-hydrogen) atoms. The van der Waals surface area contributed by atoms with Crippen LogP contribution < -0.4 is 5.32 Å². The average molecular weight is 276 g/mol. The van der Waals surface area contributed by atoms with Crippen molar-refractivity contribution in [3.8, 4) is 0 Å². The minimum Gasteiger partial charge on any atom is -0.340 e. The molecule has 0 aromatic rings. The van der Waals surface area contributed by atoms with Crippen molar-refractivity contribution in [2.24, 2.45) is 5.41 Å². The van der Waals surface area contributed by atoms with Gasteiger partial charge < -0.3 is 10.2 Å². The summed E-state index contributed by atoms with van der Waals surface area (Å²) in [6, 6.07) is -0.867. The Morgan fingerprint density at radius 1 is 1.37 bits per heavy atom. The molecule has 0 radical (unpaired) electrons. The zero-order chi connectivity index (χ0) is 15.0. The number of alkyl halides is 2. The molecule has 2 unspecified atom stereocenters. The quantitative estimate of drug-likeness (QED) is 0.854. The van der Waals surface area contributed by atoms with Crippen molar-refractivity contribution in [1.82, 2.24) is 10.2 Å². The molecular formula is C13H22F2N2O2. The van der Waals surface area contributed by atoms with Crippen molar-refractivity contribution in [3.63, 3.8) is 0 Å². The number of piperazine rings is 1. The minimum atomic E-state index is -2.65. The van der Waals surface area contributed by atoms with Gasteiger partial charge in [0.05, 0.1) is 6.54 Å². The molecule has 1 saturated heterocycles. The summed E-state index contributed by atoms with van der Waals surface area (Å²) in [5.41, 5.74) is -1.68. The fraction of sp³-hybridized carbons (Fsp3) is 0.846. The van der Waals surface area contributed by atoms with E-state index in [9.17, 15) is 18.4 Å². The molecule has 0 bridgehead atoms. The molecular weight excluding hydrogens is 254 g/mol. The summed E-state index contributed by atoms with van der Waals surface area (Å²) < 4.78 is 25.4. The fourth-order valence-corrected chi connectivity index (χ4v) is 2.41. The summed E-state index contributed by atoms with van der Waals surface area (Å²) in [6.45, 7) is 7.90. The SMILES string of the molecule is CCC1(C)NC(=O)C(C(C)(C)C)N(CC(F)F)C1=O. The maximum Gasteiger partial charge on any atom is 0.255 e. The molecule has 0 saturated carbocycles. The molecule has 2 atom stereocenters. The number of amides is 2. The van der Waals surface area contributed by atoms with E-state index in [1.165, 1.54) is 0 Å². The second kappa shape index (κ2) is 5.06. The van der Waals surface area contributed by atoms with Gasteiger partial charge in [-0.25, -0.2) is 8.78 Å².